The molecule has 2 rings (SSSR count). The Morgan fingerprint density at radius 2 is 1.76 bits per heavy atom. The molecule has 0 saturated heterocycles. The molecule has 25 heavy (non-hydrogen) atoms. The van der Waals surface area contributed by atoms with E-state index >= 15 is 0 Å². The van der Waals surface area contributed by atoms with Gasteiger partial charge in [-0.1, -0.05) is 12.1 Å². The standard InChI is InChI=1S/C19H23N3O3/c1-3-25-16-7-4-14(5-8-16)11-18(23)22-17-9-6-15(10-13(17)2)21-19(24)12-20/h4-10H,3,11-12,20H2,1-2H3,(H,21,24)(H,22,23). The van der Waals surface area contributed by atoms with Gasteiger partial charge in [-0.3, -0.25) is 9.59 Å². The fourth-order valence-electron chi connectivity index (χ4n) is 2.34. The van der Waals surface area contributed by atoms with E-state index in [1.54, 1.807) is 18.2 Å². The molecule has 0 fully saturated rings. The minimum absolute atomic E-state index is 0.0698. The maximum absolute atomic E-state index is 12.2. The van der Waals surface area contributed by atoms with Gasteiger partial charge >= 0.3 is 0 Å². The molecule has 0 aliphatic rings. The second-order valence-corrected chi connectivity index (χ2v) is 5.58. The van der Waals surface area contributed by atoms with Gasteiger partial charge in [-0.15, -0.1) is 0 Å². The van der Waals surface area contributed by atoms with Gasteiger partial charge in [0, 0.05) is 11.4 Å². The number of hydrogen-bond donors (Lipinski definition) is 3. The lowest BCUT2D eigenvalue weighted by Crippen LogP contribution is -2.22. The topological polar surface area (TPSA) is 93.5 Å². The minimum atomic E-state index is -0.258. The van der Waals surface area contributed by atoms with Crippen LogP contribution in [0.1, 0.15) is 18.1 Å². The van der Waals surface area contributed by atoms with E-state index in [9.17, 15) is 9.59 Å². The normalized spacial score (nSPS) is 10.2. The van der Waals surface area contributed by atoms with Crippen molar-refractivity contribution in [3.05, 3.63) is 53.6 Å². The van der Waals surface area contributed by atoms with Gasteiger partial charge in [-0.05, 0) is 55.3 Å². The molecule has 0 aromatic heterocycles. The second kappa shape index (κ2) is 8.84. The Kier molecular flexibility index (Phi) is 6.54. The Balaban J connectivity index is 1.96. The summed E-state index contributed by atoms with van der Waals surface area (Å²) < 4.78 is 5.39. The number of nitrogens with one attached hydrogen (secondary N) is 2. The van der Waals surface area contributed by atoms with Crippen molar-refractivity contribution in [2.75, 3.05) is 23.8 Å². The maximum atomic E-state index is 12.2. The molecule has 6 heteroatoms. The van der Waals surface area contributed by atoms with Crippen LogP contribution in [0.25, 0.3) is 0 Å². The highest BCUT2D eigenvalue weighted by molar-refractivity contribution is 5.95. The largest absolute Gasteiger partial charge is 0.494 e. The fraction of sp³-hybridized carbons (Fsp3) is 0.263. The number of hydrogen-bond acceptors (Lipinski definition) is 4. The Bertz CT molecular complexity index is 742. The molecule has 0 heterocycles. The molecule has 2 aromatic rings. The van der Waals surface area contributed by atoms with Gasteiger partial charge in [-0.2, -0.15) is 0 Å². The van der Waals surface area contributed by atoms with Crippen molar-refractivity contribution < 1.29 is 14.3 Å². The van der Waals surface area contributed by atoms with E-state index in [0.717, 1.165) is 16.9 Å². The molecule has 0 bridgehead atoms. The Hall–Kier alpha value is -2.86. The quantitative estimate of drug-likeness (QED) is 0.721. The van der Waals surface area contributed by atoms with E-state index in [0.29, 0.717) is 18.0 Å². The molecule has 0 spiro atoms. The lowest BCUT2D eigenvalue weighted by molar-refractivity contribution is -0.116. The Morgan fingerprint density at radius 3 is 2.36 bits per heavy atom. The number of nitrogens with two attached hydrogens (primary N) is 1. The molecule has 4 N–H and O–H groups in total. The predicted octanol–water partition coefficient (Wildman–Crippen LogP) is 2.47. The molecular weight excluding hydrogens is 318 g/mol. The molecule has 2 aromatic carbocycles. The third kappa shape index (κ3) is 5.61. The SMILES string of the molecule is CCOc1ccc(CC(=O)Nc2ccc(NC(=O)CN)cc2C)cc1. The number of anilines is 2. The monoisotopic (exact) mass is 341 g/mol. The van der Waals surface area contributed by atoms with Crippen LogP contribution in [0.3, 0.4) is 0 Å². The minimum Gasteiger partial charge on any atom is -0.494 e. The van der Waals surface area contributed by atoms with Crippen LogP contribution in [0.4, 0.5) is 11.4 Å². The average Bonchev–Trinajstić information content (AvgIpc) is 2.59. The van der Waals surface area contributed by atoms with E-state index in [1.165, 1.54) is 0 Å². The fourth-order valence-corrected chi connectivity index (χ4v) is 2.34. The van der Waals surface area contributed by atoms with Crippen molar-refractivity contribution in [2.24, 2.45) is 5.73 Å². The summed E-state index contributed by atoms with van der Waals surface area (Å²) in [7, 11) is 0. The van der Waals surface area contributed by atoms with Gasteiger partial charge < -0.3 is 21.1 Å². The molecule has 0 aliphatic carbocycles. The molecule has 6 nitrogen and oxygen atoms in total. The van der Waals surface area contributed by atoms with E-state index in [-0.39, 0.29) is 24.8 Å². The van der Waals surface area contributed by atoms with Crippen LogP contribution in [0.2, 0.25) is 0 Å². The summed E-state index contributed by atoms with van der Waals surface area (Å²) in [6.45, 7) is 4.33. The summed E-state index contributed by atoms with van der Waals surface area (Å²) in [5.41, 5.74) is 8.40. The van der Waals surface area contributed by atoms with Crippen LogP contribution in [0.5, 0.6) is 5.75 Å². The second-order valence-electron chi connectivity index (χ2n) is 5.58. The van der Waals surface area contributed by atoms with Gasteiger partial charge in [-0.25, -0.2) is 0 Å². The van der Waals surface area contributed by atoms with Crippen molar-refractivity contribution in [1.82, 2.24) is 0 Å². The maximum Gasteiger partial charge on any atom is 0.238 e. The zero-order valence-electron chi connectivity index (χ0n) is 14.5. The number of aryl methyl sites for hydroxylation is 1. The first kappa shape index (κ1) is 18.5. The van der Waals surface area contributed by atoms with Crippen LogP contribution < -0.4 is 21.1 Å². The first-order valence-corrected chi connectivity index (χ1v) is 8.14. The van der Waals surface area contributed by atoms with Crippen LogP contribution >= 0.6 is 0 Å². The van der Waals surface area contributed by atoms with Crippen molar-refractivity contribution in [2.45, 2.75) is 20.3 Å². The molecule has 132 valence electrons. The van der Waals surface area contributed by atoms with Crippen molar-refractivity contribution >= 4 is 23.2 Å². The van der Waals surface area contributed by atoms with E-state index in [4.69, 9.17) is 10.5 Å². The third-order valence-corrected chi connectivity index (χ3v) is 3.57. The average molecular weight is 341 g/mol. The zero-order valence-corrected chi connectivity index (χ0v) is 14.5. The van der Waals surface area contributed by atoms with Crippen LogP contribution in [-0.4, -0.2) is 25.0 Å². The van der Waals surface area contributed by atoms with E-state index in [1.807, 2.05) is 38.1 Å². The molecule has 0 unspecified atom stereocenters. The number of carbonyl (C=O) groups excluding carboxylic acids is 2. The molecule has 0 aliphatic heterocycles. The number of benzene rings is 2. The summed E-state index contributed by atoms with van der Waals surface area (Å²) in [5, 5.41) is 5.57. The Morgan fingerprint density at radius 1 is 1.04 bits per heavy atom. The van der Waals surface area contributed by atoms with Gasteiger partial charge in [0.05, 0.1) is 19.6 Å². The number of rotatable bonds is 7. The molecule has 0 atom stereocenters. The first-order chi connectivity index (χ1) is 12.0. The predicted molar refractivity (Wildman–Crippen MR) is 98.8 cm³/mol. The molecule has 0 saturated carbocycles. The summed E-state index contributed by atoms with van der Waals surface area (Å²) in [6, 6.07) is 12.7. The van der Waals surface area contributed by atoms with Crippen LogP contribution in [0.15, 0.2) is 42.5 Å². The van der Waals surface area contributed by atoms with Crippen molar-refractivity contribution in [1.29, 1.82) is 0 Å². The first-order valence-electron chi connectivity index (χ1n) is 8.14. The highest BCUT2D eigenvalue weighted by atomic mass is 16.5. The molecular formula is C19H23N3O3. The number of ether oxygens (including phenoxy) is 1. The van der Waals surface area contributed by atoms with E-state index < -0.39 is 0 Å². The van der Waals surface area contributed by atoms with Crippen molar-refractivity contribution in [3.8, 4) is 5.75 Å². The smallest absolute Gasteiger partial charge is 0.238 e. The van der Waals surface area contributed by atoms with Crippen LogP contribution in [0, 0.1) is 6.92 Å². The van der Waals surface area contributed by atoms with Gasteiger partial charge in [0.2, 0.25) is 11.8 Å². The molecule has 2 amide bonds. The lowest BCUT2D eigenvalue weighted by atomic mass is 10.1. The zero-order chi connectivity index (χ0) is 18.2. The highest BCUT2D eigenvalue weighted by Gasteiger charge is 2.08. The van der Waals surface area contributed by atoms with E-state index in [2.05, 4.69) is 10.6 Å². The lowest BCUT2D eigenvalue weighted by Gasteiger charge is -2.11. The van der Waals surface area contributed by atoms with Gasteiger partial charge in [0.15, 0.2) is 0 Å². The highest BCUT2D eigenvalue weighted by Crippen LogP contribution is 2.20. The van der Waals surface area contributed by atoms with Gasteiger partial charge in [0.25, 0.3) is 0 Å². The summed E-state index contributed by atoms with van der Waals surface area (Å²) in [6.07, 6.45) is 0.275. The molecule has 0 radical (unpaired) electrons. The van der Waals surface area contributed by atoms with Crippen LogP contribution in [-0.2, 0) is 16.0 Å². The number of carbonyl (C=O) groups is 2. The summed E-state index contributed by atoms with van der Waals surface area (Å²) in [4.78, 5) is 23.5. The summed E-state index contributed by atoms with van der Waals surface area (Å²) in [5.74, 6) is 0.426. The van der Waals surface area contributed by atoms with Crippen molar-refractivity contribution in [3.63, 3.8) is 0 Å². The Labute approximate surface area is 147 Å². The van der Waals surface area contributed by atoms with Gasteiger partial charge in [0.1, 0.15) is 5.75 Å². The number of amides is 2. The third-order valence-electron chi connectivity index (χ3n) is 3.57. The summed E-state index contributed by atoms with van der Waals surface area (Å²) >= 11 is 0.